The van der Waals surface area contributed by atoms with E-state index in [0.29, 0.717) is 0 Å². The van der Waals surface area contributed by atoms with E-state index < -0.39 is 0 Å². The first-order chi connectivity index (χ1) is 10.6. The quantitative estimate of drug-likeness (QED) is 0.435. The number of pyridine rings is 1. The van der Waals surface area contributed by atoms with Gasteiger partial charge in [0, 0.05) is 52.0 Å². The van der Waals surface area contributed by atoms with Crippen LogP contribution in [0.25, 0.3) is 0 Å². The second kappa shape index (κ2) is 9.77. The van der Waals surface area contributed by atoms with Crippen LogP contribution in [0.3, 0.4) is 0 Å². The van der Waals surface area contributed by atoms with Crippen molar-refractivity contribution in [2.45, 2.75) is 13.0 Å². The maximum Gasteiger partial charge on any atom is 0.193 e. The lowest BCUT2D eigenvalue weighted by Gasteiger charge is -2.22. The van der Waals surface area contributed by atoms with Crippen molar-refractivity contribution in [3.8, 4) is 0 Å². The molecule has 0 aliphatic heterocycles. The number of halogens is 2. The molecule has 0 fully saturated rings. The summed E-state index contributed by atoms with van der Waals surface area (Å²) in [6, 6.07) is 6.03. The number of nitrogens with one attached hydrogen (secondary N) is 1. The van der Waals surface area contributed by atoms with E-state index in [9.17, 15) is 0 Å². The van der Waals surface area contributed by atoms with Gasteiger partial charge in [-0.2, -0.15) is 0 Å². The number of aliphatic imine (C=N–C) groups is 1. The molecule has 0 aromatic carbocycles. The summed E-state index contributed by atoms with van der Waals surface area (Å²) >= 11 is 6.02. The van der Waals surface area contributed by atoms with Gasteiger partial charge in [0.2, 0.25) is 0 Å². The Balaban J connectivity index is 0.00000264. The zero-order chi connectivity index (χ0) is 15.9. The van der Waals surface area contributed by atoms with Crippen LogP contribution < -0.4 is 5.32 Å². The molecule has 1 N–H and O–H groups in total. The van der Waals surface area contributed by atoms with Crippen LogP contribution in [0, 0.1) is 0 Å². The van der Waals surface area contributed by atoms with Crippen LogP contribution in [0.5, 0.6) is 0 Å². The first kappa shape index (κ1) is 19.8. The molecule has 0 amide bonds. The van der Waals surface area contributed by atoms with Crippen molar-refractivity contribution >= 4 is 41.5 Å². The summed E-state index contributed by atoms with van der Waals surface area (Å²) in [6.07, 6.45) is 6.47. The third-order valence-corrected chi connectivity index (χ3v) is 3.70. The third-order valence-electron chi connectivity index (χ3n) is 3.49. The first-order valence-electron chi connectivity index (χ1n) is 7.21. The molecule has 0 saturated carbocycles. The highest BCUT2D eigenvalue weighted by atomic mass is 127. The zero-order valence-corrected chi connectivity index (χ0v) is 16.7. The van der Waals surface area contributed by atoms with Crippen molar-refractivity contribution in [3.05, 3.63) is 53.1 Å². The molecule has 2 rings (SSSR count). The normalized spacial score (nSPS) is 11.0. The van der Waals surface area contributed by atoms with Gasteiger partial charge in [-0.05, 0) is 30.2 Å². The van der Waals surface area contributed by atoms with Crippen molar-refractivity contribution in [3.63, 3.8) is 0 Å². The standard InChI is InChI=1S/C16H22ClN5.HI/c1-18-16(20-9-6-13-4-7-19-8-5-13)22(3)12-15-10-14(17)11-21(15)2;/h4-5,7-8,10-11H,6,9,12H2,1-3H3,(H,18,20);1H. The molecule has 126 valence electrons. The largest absolute Gasteiger partial charge is 0.356 e. The second-order valence-electron chi connectivity index (χ2n) is 5.20. The average molecular weight is 448 g/mol. The molecular formula is C16H23ClIN5. The number of aromatic nitrogens is 2. The highest BCUT2D eigenvalue weighted by molar-refractivity contribution is 14.0. The predicted octanol–water partition coefficient (Wildman–Crippen LogP) is 2.94. The Bertz CT molecular complexity index is 627. The van der Waals surface area contributed by atoms with Gasteiger partial charge < -0.3 is 14.8 Å². The highest BCUT2D eigenvalue weighted by Crippen LogP contribution is 2.14. The molecule has 2 aromatic heterocycles. The van der Waals surface area contributed by atoms with Crippen LogP contribution >= 0.6 is 35.6 Å². The van der Waals surface area contributed by atoms with Gasteiger partial charge >= 0.3 is 0 Å². The van der Waals surface area contributed by atoms with Crippen molar-refractivity contribution in [2.75, 3.05) is 20.6 Å². The number of hydrogen-bond donors (Lipinski definition) is 1. The van der Waals surface area contributed by atoms with E-state index in [1.54, 1.807) is 7.05 Å². The SMILES string of the molecule is CN=C(NCCc1ccncc1)N(C)Cc1cc(Cl)cn1C.I. The maximum absolute atomic E-state index is 6.02. The summed E-state index contributed by atoms with van der Waals surface area (Å²) < 4.78 is 2.03. The van der Waals surface area contributed by atoms with Gasteiger partial charge in [-0.1, -0.05) is 11.6 Å². The summed E-state index contributed by atoms with van der Waals surface area (Å²) in [5.74, 6) is 0.867. The molecule has 0 saturated heterocycles. The highest BCUT2D eigenvalue weighted by Gasteiger charge is 2.09. The lowest BCUT2D eigenvalue weighted by Crippen LogP contribution is -2.39. The van der Waals surface area contributed by atoms with Crippen molar-refractivity contribution in [1.82, 2.24) is 19.8 Å². The fraction of sp³-hybridized carbons (Fsp3) is 0.375. The minimum absolute atomic E-state index is 0. The van der Waals surface area contributed by atoms with Gasteiger partial charge in [0.25, 0.3) is 0 Å². The second-order valence-corrected chi connectivity index (χ2v) is 5.63. The third kappa shape index (κ3) is 6.02. The van der Waals surface area contributed by atoms with Gasteiger partial charge in [-0.3, -0.25) is 9.98 Å². The molecule has 7 heteroatoms. The van der Waals surface area contributed by atoms with Crippen LogP contribution in [0.15, 0.2) is 41.8 Å². The van der Waals surface area contributed by atoms with Crippen LogP contribution in [0.4, 0.5) is 0 Å². The topological polar surface area (TPSA) is 45.5 Å². The summed E-state index contributed by atoms with van der Waals surface area (Å²) in [4.78, 5) is 10.4. The minimum Gasteiger partial charge on any atom is -0.356 e. The Morgan fingerprint density at radius 3 is 2.65 bits per heavy atom. The summed E-state index contributed by atoms with van der Waals surface area (Å²) in [7, 11) is 5.81. The van der Waals surface area contributed by atoms with Gasteiger partial charge in [0.05, 0.1) is 11.6 Å². The molecule has 0 atom stereocenters. The summed E-state index contributed by atoms with van der Waals surface area (Å²) in [5, 5.41) is 4.13. The molecule has 0 radical (unpaired) electrons. The molecule has 5 nitrogen and oxygen atoms in total. The Labute approximate surface area is 159 Å². The monoisotopic (exact) mass is 447 g/mol. The van der Waals surface area contributed by atoms with E-state index in [1.807, 2.05) is 55.5 Å². The molecule has 0 unspecified atom stereocenters. The fourth-order valence-electron chi connectivity index (χ4n) is 2.29. The zero-order valence-electron chi connectivity index (χ0n) is 13.7. The number of nitrogens with zero attached hydrogens (tertiary/aromatic N) is 4. The Kier molecular flexibility index (Phi) is 8.40. The van der Waals surface area contributed by atoms with E-state index in [2.05, 4.69) is 20.2 Å². The summed E-state index contributed by atoms with van der Waals surface area (Å²) in [6.45, 7) is 1.58. The van der Waals surface area contributed by atoms with E-state index in [-0.39, 0.29) is 24.0 Å². The molecule has 0 aliphatic carbocycles. The average Bonchev–Trinajstić information content (AvgIpc) is 2.82. The van der Waals surface area contributed by atoms with E-state index >= 15 is 0 Å². The van der Waals surface area contributed by atoms with Crippen LogP contribution in [-0.4, -0.2) is 41.1 Å². The fourth-order valence-corrected chi connectivity index (χ4v) is 2.57. The lowest BCUT2D eigenvalue weighted by atomic mass is 10.2. The van der Waals surface area contributed by atoms with Gasteiger partial charge in [-0.25, -0.2) is 0 Å². The van der Waals surface area contributed by atoms with Gasteiger partial charge in [0.1, 0.15) is 0 Å². The lowest BCUT2D eigenvalue weighted by molar-refractivity contribution is 0.462. The maximum atomic E-state index is 6.02. The molecule has 0 aliphatic rings. The molecule has 2 aromatic rings. The Hall–Kier alpha value is -1.28. The minimum atomic E-state index is 0. The molecule has 0 spiro atoms. The van der Waals surface area contributed by atoms with Gasteiger partial charge in [-0.15, -0.1) is 24.0 Å². The van der Waals surface area contributed by atoms with E-state index in [4.69, 9.17) is 11.6 Å². The number of guanidine groups is 1. The summed E-state index contributed by atoms with van der Waals surface area (Å²) in [5.41, 5.74) is 2.40. The smallest absolute Gasteiger partial charge is 0.193 e. The van der Waals surface area contributed by atoms with Crippen molar-refractivity contribution in [1.29, 1.82) is 0 Å². The Morgan fingerprint density at radius 2 is 2.09 bits per heavy atom. The number of aryl methyl sites for hydroxylation is 1. The van der Waals surface area contributed by atoms with Crippen LogP contribution in [-0.2, 0) is 20.0 Å². The number of rotatable bonds is 5. The molecular weight excluding hydrogens is 425 g/mol. The molecule has 23 heavy (non-hydrogen) atoms. The first-order valence-corrected chi connectivity index (χ1v) is 7.59. The van der Waals surface area contributed by atoms with E-state index in [0.717, 1.165) is 36.2 Å². The predicted molar refractivity (Wildman–Crippen MR) is 107 cm³/mol. The van der Waals surface area contributed by atoms with Crippen molar-refractivity contribution in [2.24, 2.45) is 12.0 Å². The van der Waals surface area contributed by atoms with Crippen molar-refractivity contribution < 1.29 is 0 Å². The van der Waals surface area contributed by atoms with Crippen LogP contribution in [0.1, 0.15) is 11.3 Å². The Morgan fingerprint density at radius 1 is 1.39 bits per heavy atom. The molecule has 2 heterocycles. The molecule has 0 bridgehead atoms. The van der Waals surface area contributed by atoms with E-state index in [1.165, 1.54) is 5.56 Å². The van der Waals surface area contributed by atoms with Gasteiger partial charge in [0.15, 0.2) is 5.96 Å². The van der Waals surface area contributed by atoms with Crippen LogP contribution in [0.2, 0.25) is 5.02 Å². The number of hydrogen-bond acceptors (Lipinski definition) is 2.